The second-order valence-electron chi connectivity index (χ2n) is 3.26. The molecule has 0 aliphatic rings. The third-order valence-electron chi connectivity index (χ3n) is 2.14. The van der Waals surface area contributed by atoms with E-state index >= 15 is 0 Å². The van der Waals surface area contributed by atoms with E-state index in [9.17, 15) is 0 Å². The number of hydrogen-bond donors (Lipinski definition) is 1. The SMILES string of the molecule is C#CCNc1cccc(-c2nnnn2C)c1. The second kappa shape index (κ2) is 4.45. The standard InChI is InChI=1S/C11H11N5/c1-3-7-12-10-6-4-5-9(8-10)11-13-14-15-16(11)2/h1,4-6,8,12H,7H2,2H3. The Hall–Kier alpha value is -2.35. The first-order valence-electron chi connectivity index (χ1n) is 4.81. The largest absolute Gasteiger partial charge is 0.374 e. The summed E-state index contributed by atoms with van der Waals surface area (Å²) in [5.41, 5.74) is 1.91. The fourth-order valence-corrected chi connectivity index (χ4v) is 1.40. The Morgan fingerprint density at radius 3 is 3.06 bits per heavy atom. The molecule has 16 heavy (non-hydrogen) atoms. The molecular formula is C11H11N5. The van der Waals surface area contributed by atoms with Gasteiger partial charge in [0, 0.05) is 18.3 Å². The molecule has 0 spiro atoms. The third-order valence-corrected chi connectivity index (χ3v) is 2.14. The molecule has 5 nitrogen and oxygen atoms in total. The van der Waals surface area contributed by atoms with Gasteiger partial charge in [-0.05, 0) is 22.6 Å². The minimum absolute atomic E-state index is 0.501. The van der Waals surface area contributed by atoms with Crippen LogP contribution >= 0.6 is 0 Å². The Bertz CT molecular complexity index is 523. The van der Waals surface area contributed by atoms with Gasteiger partial charge in [-0.2, -0.15) is 0 Å². The molecule has 2 aromatic rings. The smallest absolute Gasteiger partial charge is 0.181 e. The summed E-state index contributed by atoms with van der Waals surface area (Å²) in [5, 5.41) is 14.4. The van der Waals surface area contributed by atoms with Gasteiger partial charge in [-0.1, -0.05) is 18.1 Å². The Labute approximate surface area is 93.5 Å². The molecule has 0 atom stereocenters. The van der Waals surface area contributed by atoms with Crippen LogP contribution in [0, 0.1) is 12.3 Å². The predicted octanol–water partition coefficient (Wildman–Crippen LogP) is 0.922. The first-order chi connectivity index (χ1) is 7.81. The fraction of sp³-hybridized carbons (Fsp3) is 0.182. The minimum Gasteiger partial charge on any atom is -0.374 e. The lowest BCUT2D eigenvalue weighted by Gasteiger charge is -2.04. The van der Waals surface area contributed by atoms with Crippen molar-refractivity contribution >= 4 is 5.69 Å². The number of aromatic nitrogens is 4. The highest BCUT2D eigenvalue weighted by atomic mass is 15.5. The number of nitrogens with zero attached hydrogens (tertiary/aromatic N) is 4. The van der Waals surface area contributed by atoms with Crippen LogP contribution in [0.15, 0.2) is 24.3 Å². The van der Waals surface area contributed by atoms with E-state index in [2.05, 4.69) is 26.8 Å². The molecule has 1 aromatic carbocycles. The molecule has 0 bridgehead atoms. The number of nitrogens with one attached hydrogen (secondary N) is 1. The zero-order valence-corrected chi connectivity index (χ0v) is 8.88. The molecule has 0 saturated heterocycles. The van der Waals surface area contributed by atoms with E-state index < -0.39 is 0 Å². The number of terminal acetylenes is 1. The zero-order valence-electron chi connectivity index (χ0n) is 8.88. The van der Waals surface area contributed by atoms with Crippen molar-refractivity contribution in [3.05, 3.63) is 24.3 Å². The molecule has 80 valence electrons. The summed E-state index contributed by atoms with van der Waals surface area (Å²) in [4.78, 5) is 0. The number of aryl methyl sites for hydroxylation is 1. The first-order valence-corrected chi connectivity index (χ1v) is 4.81. The molecule has 0 aliphatic carbocycles. The van der Waals surface area contributed by atoms with Crippen LogP contribution < -0.4 is 5.32 Å². The van der Waals surface area contributed by atoms with E-state index in [1.165, 1.54) is 0 Å². The fourth-order valence-electron chi connectivity index (χ4n) is 1.40. The van der Waals surface area contributed by atoms with Crippen LogP contribution in [0.3, 0.4) is 0 Å². The quantitative estimate of drug-likeness (QED) is 0.770. The van der Waals surface area contributed by atoms with E-state index in [1.807, 2.05) is 24.3 Å². The maximum absolute atomic E-state index is 5.18. The highest BCUT2D eigenvalue weighted by Crippen LogP contribution is 2.19. The average Bonchev–Trinajstić information content (AvgIpc) is 2.73. The van der Waals surface area contributed by atoms with Gasteiger partial charge in [0.05, 0.1) is 6.54 Å². The Balaban J connectivity index is 2.30. The number of anilines is 1. The van der Waals surface area contributed by atoms with Crippen molar-refractivity contribution < 1.29 is 0 Å². The summed E-state index contributed by atoms with van der Waals surface area (Å²) >= 11 is 0. The first kappa shape index (κ1) is 10.2. The van der Waals surface area contributed by atoms with E-state index in [1.54, 1.807) is 11.7 Å². The third kappa shape index (κ3) is 2.01. The van der Waals surface area contributed by atoms with E-state index in [4.69, 9.17) is 6.42 Å². The molecular weight excluding hydrogens is 202 g/mol. The van der Waals surface area contributed by atoms with Crippen LogP contribution in [0.2, 0.25) is 0 Å². The summed E-state index contributed by atoms with van der Waals surface area (Å²) < 4.78 is 1.63. The maximum Gasteiger partial charge on any atom is 0.181 e. The van der Waals surface area contributed by atoms with Gasteiger partial charge in [-0.25, -0.2) is 4.68 Å². The number of tetrazole rings is 1. The zero-order chi connectivity index (χ0) is 11.4. The number of hydrogen-bond acceptors (Lipinski definition) is 4. The molecule has 0 saturated carbocycles. The van der Waals surface area contributed by atoms with Crippen molar-refractivity contribution in [1.29, 1.82) is 0 Å². The van der Waals surface area contributed by atoms with Gasteiger partial charge in [0.15, 0.2) is 5.82 Å². The van der Waals surface area contributed by atoms with Crippen LogP contribution in [0.4, 0.5) is 5.69 Å². The summed E-state index contributed by atoms with van der Waals surface area (Å²) in [7, 11) is 1.80. The maximum atomic E-state index is 5.18. The molecule has 0 unspecified atom stereocenters. The van der Waals surface area contributed by atoms with Crippen molar-refractivity contribution in [3.8, 4) is 23.7 Å². The molecule has 5 heteroatoms. The second-order valence-corrected chi connectivity index (χ2v) is 3.26. The van der Waals surface area contributed by atoms with Gasteiger partial charge >= 0.3 is 0 Å². The highest BCUT2D eigenvalue weighted by Gasteiger charge is 2.05. The average molecular weight is 213 g/mol. The number of rotatable bonds is 3. The van der Waals surface area contributed by atoms with Crippen molar-refractivity contribution in [2.24, 2.45) is 7.05 Å². The summed E-state index contributed by atoms with van der Waals surface area (Å²) in [6, 6.07) is 7.79. The minimum atomic E-state index is 0.501. The lowest BCUT2D eigenvalue weighted by Crippen LogP contribution is -1.99. The van der Waals surface area contributed by atoms with Gasteiger partial charge < -0.3 is 5.32 Å². The van der Waals surface area contributed by atoms with Crippen molar-refractivity contribution in [2.45, 2.75) is 0 Å². The van der Waals surface area contributed by atoms with Crippen molar-refractivity contribution in [3.63, 3.8) is 0 Å². The molecule has 1 heterocycles. The van der Waals surface area contributed by atoms with Gasteiger partial charge in [-0.15, -0.1) is 11.5 Å². The highest BCUT2D eigenvalue weighted by molar-refractivity contribution is 5.62. The van der Waals surface area contributed by atoms with Crippen molar-refractivity contribution in [1.82, 2.24) is 20.2 Å². The summed E-state index contributed by atoms with van der Waals surface area (Å²) in [6.45, 7) is 0.501. The lowest BCUT2D eigenvalue weighted by atomic mass is 10.2. The molecule has 1 aromatic heterocycles. The molecule has 0 amide bonds. The summed E-state index contributed by atoms with van der Waals surface area (Å²) in [5.74, 6) is 3.25. The van der Waals surface area contributed by atoms with Crippen LogP contribution in [0.5, 0.6) is 0 Å². The monoisotopic (exact) mass is 213 g/mol. The Kier molecular flexibility index (Phi) is 2.83. The van der Waals surface area contributed by atoms with Gasteiger partial charge in [0.25, 0.3) is 0 Å². The van der Waals surface area contributed by atoms with E-state index in [0.29, 0.717) is 6.54 Å². The lowest BCUT2D eigenvalue weighted by molar-refractivity contribution is 0.715. The van der Waals surface area contributed by atoms with Crippen LogP contribution in [-0.4, -0.2) is 26.8 Å². The van der Waals surface area contributed by atoms with Crippen molar-refractivity contribution in [2.75, 3.05) is 11.9 Å². The van der Waals surface area contributed by atoms with Crippen LogP contribution in [0.25, 0.3) is 11.4 Å². The number of benzene rings is 1. The predicted molar refractivity (Wildman–Crippen MR) is 61.6 cm³/mol. The van der Waals surface area contributed by atoms with Gasteiger partial charge in [-0.3, -0.25) is 0 Å². The van der Waals surface area contributed by atoms with E-state index in [-0.39, 0.29) is 0 Å². The molecule has 0 fully saturated rings. The normalized spacial score (nSPS) is 9.75. The van der Waals surface area contributed by atoms with Gasteiger partial charge in [0.1, 0.15) is 0 Å². The molecule has 2 rings (SSSR count). The van der Waals surface area contributed by atoms with Crippen LogP contribution in [0.1, 0.15) is 0 Å². The Morgan fingerprint density at radius 2 is 2.38 bits per heavy atom. The Morgan fingerprint density at radius 1 is 1.50 bits per heavy atom. The topological polar surface area (TPSA) is 55.6 Å². The molecule has 0 radical (unpaired) electrons. The van der Waals surface area contributed by atoms with Crippen LogP contribution in [-0.2, 0) is 7.05 Å². The van der Waals surface area contributed by atoms with Gasteiger partial charge in [0.2, 0.25) is 0 Å². The van der Waals surface area contributed by atoms with E-state index in [0.717, 1.165) is 17.1 Å². The molecule has 1 N–H and O–H groups in total. The molecule has 0 aliphatic heterocycles. The summed E-state index contributed by atoms with van der Waals surface area (Å²) in [6.07, 6.45) is 5.18.